The Morgan fingerprint density at radius 3 is 2.43 bits per heavy atom. The Balaban J connectivity index is 0.00000220. The number of hydrogen-bond acceptors (Lipinski definition) is 4. The third kappa shape index (κ3) is 4.25. The third-order valence-electron chi connectivity index (χ3n) is 4.39. The van der Waals surface area contributed by atoms with Crippen LogP contribution >= 0.6 is 12.4 Å². The molecule has 4 N–H and O–H groups in total. The molecule has 5 heteroatoms. The van der Waals surface area contributed by atoms with E-state index in [0.717, 1.165) is 50.3 Å². The minimum atomic E-state index is -0.0668. The average molecular weight is 314 g/mol. The third-order valence-corrected chi connectivity index (χ3v) is 4.39. The lowest BCUT2D eigenvalue weighted by molar-refractivity contribution is 0.316. The largest absolute Gasteiger partial charge is 0.508 e. The molecule has 1 heterocycles. The van der Waals surface area contributed by atoms with Gasteiger partial charge in [0.05, 0.1) is 0 Å². The highest BCUT2D eigenvalue weighted by molar-refractivity contribution is 5.85. The molecule has 0 unspecified atom stereocenters. The summed E-state index contributed by atoms with van der Waals surface area (Å²) in [6, 6.07) is 5.85. The van der Waals surface area contributed by atoms with Crippen LogP contribution in [0.5, 0.6) is 5.75 Å². The van der Waals surface area contributed by atoms with E-state index in [2.05, 4.69) is 30.1 Å². The van der Waals surface area contributed by atoms with Crippen LogP contribution in [0.1, 0.15) is 38.3 Å². The molecule has 0 aliphatic carbocycles. The quantitative estimate of drug-likeness (QED) is 0.782. The first-order valence-electron chi connectivity index (χ1n) is 7.71. The van der Waals surface area contributed by atoms with Gasteiger partial charge in [0.25, 0.3) is 0 Å². The van der Waals surface area contributed by atoms with Gasteiger partial charge in [-0.15, -0.1) is 12.4 Å². The minimum Gasteiger partial charge on any atom is -0.508 e. The van der Waals surface area contributed by atoms with E-state index in [9.17, 15) is 5.11 Å². The first kappa shape index (κ1) is 18.1. The van der Waals surface area contributed by atoms with Gasteiger partial charge in [0.15, 0.2) is 0 Å². The van der Waals surface area contributed by atoms with Crippen LogP contribution in [0.25, 0.3) is 0 Å². The van der Waals surface area contributed by atoms with Crippen molar-refractivity contribution in [3.63, 3.8) is 0 Å². The zero-order chi connectivity index (χ0) is 14.5. The molecule has 0 aromatic heterocycles. The van der Waals surface area contributed by atoms with Gasteiger partial charge in [0.1, 0.15) is 5.75 Å². The number of nitrogens with one attached hydrogen (secondary N) is 1. The van der Waals surface area contributed by atoms with Crippen molar-refractivity contribution in [2.24, 2.45) is 11.7 Å². The molecule has 0 amide bonds. The van der Waals surface area contributed by atoms with Gasteiger partial charge in [0, 0.05) is 36.4 Å². The maximum absolute atomic E-state index is 10.3. The van der Waals surface area contributed by atoms with E-state index < -0.39 is 0 Å². The van der Waals surface area contributed by atoms with Crippen molar-refractivity contribution in [3.05, 3.63) is 23.8 Å². The summed E-state index contributed by atoms with van der Waals surface area (Å²) in [6.07, 6.45) is 2.16. The molecule has 0 bridgehead atoms. The summed E-state index contributed by atoms with van der Waals surface area (Å²) in [7, 11) is 0. The SMILES string of the molecule is CCN(CC)c1ccc([C@H](N)C2CCNCC2)c(O)c1.Cl. The fourth-order valence-electron chi connectivity index (χ4n) is 3.06. The van der Waals surface area contributed by atoms with Crippen molar-refractivity contribution in [2.45, 2.75) is 32.7 Å². The van der Waals surface area contributed by atoms with Crippen molar-refractivity contribution in [2.75, 3.05) is 31.1 Å². The summed E-state index contributed by atoms with van der Waals surface area (Å²) >= 11 is 0. The number of piperidine rings is 1. The molecule has 1 aliphatic rings. The first-order valence-corrected chi connectivity index (χ1v) is 7.71. The molecule has 1 aromatic carbocycles. The van der Waals surface area contributed by atoms with Crippen LogP contribution in [0.3, 0.4) is 0 Å². The molecule has 21 heavy (non-hydrogen) atoms. The van der Waals surface area contributed by atoms with E-state index in [4.69, 9.17) is 5.73 Å². The number of rotatable bonds is 5. The zero-order valence-corrected chi connectivity index (χ0v) is 13.8. The molecule has 1 saturated heterocycles. The monoisotopic (exact) mass is 313 g/mol. The van der Waals surface area contributed by atoms with E-state index in [1.54, 1.807) is 0 Å². The highest BCUT2D eigenvalue weighted by atomic mass is 35.5. The topological polar surface area (TPSA) is 61.5 Å². The molecule has 0 spiro atoms. The molecular weight excluding hydrogens is 286 g/mol. The van der Waals surface area contributed by atoms with E-state index >= 15 is 0 Å². The predicted molar refractivity (Wildman–Crippen MR) is 91.4 cm³/mol. The minimum absolute atomic E-state index is 0. The average Bonchev–Trinajstić information content (AvgIpc) is 2.49. The van der Waals surface area contributed by atoms with Crippen LogP contribution in [0, 0.1) is 5.92 Å². The highest BCUT2D eigenvalue weighted by Crippen LogP contribution is 2.34. The number of phenols is 1. The Morgan fingerprint density at radius 1 is 1.29 bits per heavy atom. The molecule has 0 saturated carbocycles. The second-order valence-electron chi connectivity index (χ2n) is 5.53. The predicted octanol–water partition coefficient (Wildman–Crippen LogP) is 2.66. The molecular formula is C16H28ClN3O. The fourth-order valence-corrected chi connectivity index (χ4v) is 3.06. The number of nitrogens with zero attached hydrogens (tertiary/aromatic N) is 1. The van der Waals surface area contributed by atoms with E-state index in [1.807, 2.05) is 12.1 Å². The van der Waals surface area contributed by atoms with Gasteiger partial charge in [0.2, 0.25) is 0 Å². The lowest BCUT2D eigenvalue weighted by Gasteiger charge is -2.29. The molecule has 1 atom stereocenters. The second-order valence-corrected chi connectivity index (χ2v) is 5.53. The number of hydrogen-bond donors (Lipinski definition) is 3. The van der Waals surface area contributed by atoms with Crippen LogP contribution in [0.15, 0.2) is 18.2 Å². The van der Waals surface area contributed by atoms with Crippen molar-refractivity contribution >= 4 is 18.1 Å². The van der Waals surface area contributed by atoms with Gasteiger partial charge in [-0.1, -0.05) is 6.07 Å². The van der Waals surface area contributed by atoms with Crippen LogP contribution in [-0.4, -0.2) is 31.3 Å². The molecule has 1 aromatic rings. The first-order chi connectivity index (χ1) is 9.67. The summed E-state index contributed by atoms with van der Waals surface area (Å²) in [4.78, 5) is 2.22. The number of phenolic OH excluding ortho intramolecular Hbond substituents is 1. The molecule has 2 rings (SSSR count). The highest BCUT2D eigenvalue weighted by Gasteiger charge is 2.24. The summed E-state index contributed by atoms with van der Waals surface area (Å²) in [6.45, 7) is 8.17. The summed E-state index contributed by atoms with van der Waals surface area (Å²) in [5, 5.41) is 13.7. The molecule has 120 valence electrons. The fraction of sp³-hybridized carbons (Fsp3) is 0.625. The molecule has 1 fully saturated rings. The normalized spacial score (nSPS) is 17.1. The molecule has 1 aliphatic heterocycles. The smallest absolute Gasteiger partial charge is 0.122 e. The van der Waals surface area contributed by atoms with Gasteiger partial charge < -0.3 is 21.1 Å². The number of anilines is 1. The summed E-state index contributed by atoms with van der Waals surface area (Å²) in [5.41, 5.74) is 8.31. The maximum Gasteiger partial charge on any atom is 0.122 e. The Labute approximate surface area is 134 Å². The number of nitrogens with two attached hydrogens (primary N) is 1. The Kier molecular flexibility index (Phi) is 7.29. The van der Waals surface area contributed by atoms with E-state index in [-0.39, 0.29) is 18.4 Å². The van der Waals surface area contributed by atoms with Crippen molar-refractivity contribution in [1.82, 2.24) is 5.32 Å². The standard InChI is InChI=1S/C16H27N3O.ClH/c1-3-19(4-2)13-5-6-14(15(20)11-13)16(17)12-7-9-18-10-8-12;/h5-6,11-12,16,18,20H,3-4,7-10,17H2,1-2H3;1H/t16-;/m1./s1. The Hall–Kier alpha value is -0.970. The second kappa shape index (κ2) is 8.47. The Bertz CT molecular complexity index is 432. The molecule has 4 nitrogen and oxygen atoms in total. The van der Waals surface area contributed by atoms with Crippen molar-refractivity contribution in [3.8, 4) is 5.75 Å². The zero-order valence-electron chi connectivity index (χ0n) is 13.0. The maximum atomic E-state index is 10.3. The lowest BCUT2D eigenvalue weighted by atomic mass is 9.86. The number of benzene rings is 1. The van der Waals surface area contributed by atoms with E-state index in [1.165, 1.54) is 0 Å². The van der Waals surface area contributed by atoms with Crippen LogP contribution < -0.4 is 16.0 Å². The van der Waals surface area contributed by atoms with Gasteiger partial charge in [-0.3, -0.25) is 0 Å². The number of aromatic hydroxyl groups is 1. The van der Waals surface area contributed by atoms with Gasteiger partial charge in [-0.25, -0.2) is 0 Å². The van der Waals surface area contributed by atoms with Gasteiger partial charge >= 0.3 is 0 Å². The van der Waals surface area contributed by atoms with E-state index in [0.29, 0.717) is 11.7 Å². The van der Waals surface area contributed by atoms with Gasteiger partial charge in [-0.05, 0) is 51.8 Å². The lowest BCUT2D eigenvalue weighted by Crippen LogP contribution is -2.33. The Morgan fingerprint density at radius 2 is 1.90 bits per heavy atom. The summed E-state index contributed by atoms with van der Waals surface area (Å²) in [5.74, 6) is 0.793. The van der Waals surface area contributed by atoms with Crippen LogP contribution in [0.2, 0.25) is 0 Å². The van der Waals surface area contributed by atoms with Crippen molar-refractivity contribution in [1.29, 1.82) is 0 Å². The van der Waals surface area contributed by atoms with Crippen molar-refractivity contribution < 1.29 is 5.11 Å². The van der Waals surface area contributed by atoms with Gasteiger partial charge in [-0.2, -0.15) is 0 Å². The summed E-state index contributed by atoms with van der Waals surface area (Å²) < 4.78 is 0. The van der Waals surface area contributed by atoms with Crippen LogP contribution in [0.4, 0.5) is 5.69 Å². The molecule has 0 radical (unpaired) electrons. The van der Waals surface area contributed by atoms with Crippen LogP contribution in [-0.2, 0) is 0 Å². The number of halogens is 1.